The molecule has 38 heavy (non-hydrogen) atoms. The second-order valence-electron chi connectivity index (χ2n) is 8.26. The Morgan fingerprint density at radius 1 is 0.711 bits per heavy atom. The molecule has 12 nitrogen and oxygen atoms in total. The van der Waals surface area contributed by atoms with E-state index in [1.165, 1.54) is 0 Å². The normalized spacial score (nSPS) is 10.7. The number of aromatic hydroxyl groups is 2. The van der Waals surface area contributed by atoms with Gasteiger partial charge >= 0.3 is 0 Å². The van der Waals surface area contributed by atoms with Crippen LogP contribution < -0.4 is 26.8 Å². The van der Waals surface area contributed by atoms with Crippen LogP contribution in [0.15, 0.2) is 73.4 Å². The minimum atomic E-state index is -0.775. The molecular formula is C26H27N3O9. The Bertz CT molecular complexity index is 1300. The summed E-state index contributed by atoms with van der Waals surface area (Å²) in [6.07, 6.45) is 3.84. The molecule has 0 bridgehead atoms. The van der Waals surface area contributed by atoms with Crippen LogP contribution in [0.3, 0.4) is 0 Å². The Morgan fingerprint density at radius 2 is 1.18 bits per heavy atom. The summed E-state index contributed by atoms with van der Waals surface area (Å²) in [6, 6.07) is 10.3. The molecule has 0 radical (unpaired) electrons. The van der Waals surface area contributed by atoms with Crippen LogP contribution in [-0.4, -0.2) is 47.1 Å². The van der Waals surface area contributed by atoms with E-state index in [1.54, 1.807) is 30.3 Å². The van der Waals surface area contributed by atoms with E-state index in [9.17, 15) is 34.2 Å². The SMILES string of the molecule is O=C(NC(CCCNC(=O)c1occc(=O)c1O)CCCNC(=O)c1occc(=O)c1O)c1ccccc1. The summed E-state index contributed by atoms with van der Waals surface area (Å²) in [5.41, 5.74) is -0.994. The number of nitrogens with one attached hydrogen (secondary N) is 3. The third kappa shape index (κ3) is 7.56. The molecule has 0 fully saturated rings. The highest BCUT2D eigenvalue weighted by Crippen LogP contribution is 2.12. The van der Waals surface area contributed by atoms with Crippen molar-refractivity contribution in [2.24, 2.45) is 0 Å². The van der Waals surface area contributed by atoms with Crippen molar-refractivity contribution in [2.45, 2.75) is 31.7 Å². The zero-order chi connectivity index (χ0) is 27.5. The highest BCUT2D eigenvalue weighted by molar-refractivity contribution is 5.95. The first-order valence-corrected chi connectivity index (χ1v) is 11.8. The lowest BCUT2D eigenvalue weighted by molar-refractivity contribution is 0.0905. The van der Waals surface area contributed by atoms with Gasteiger partial charge < -0.3 is 35.0 Å². The van der Waals surface area contributed by atoms with E-state index < -0.39 is 45.7 Å². The highest BCUT2D eigenvalue weighted by Gasteiger charge is 2.19. The summed E-state index contributed by atoms with van der Waals surface area (Å²) in [6.45, 7) is 0.356. The minimum absolute atomic E-state index is 0.178. The lowest BCUT2D eigenvalue weighted by Crippen LogP contribution is -2.36. The molecule has 12 heteroatoms. The van der Waals surface area contributed by atoms with E-state index in [1.807, 2.05) is 0 Å². The molecule has 2 aromatic heterocycles. The van der Waals surface area contributed by atoms with E-state index >= 15 is 0 Å². The van der Waals surface area contributed by atoms with Gasteiger partial charge in [0, 0.05) is 36.8 Å². The van der Waals surface area contributed by atoms with Crippen molar-refractivity contribution in [1.29, 1.82) is 0 Å². The van der Waals surface area contributed by atoms with Crippen LogP contribution in [0.1, 0.15) is 57.2 Å². The Labute approximate surface area is 216 Å². The summed E-state index contributed by atoms with van der Waals surface area (Å²) >= 11 is 0. The van der Waals surface area contributed by atoms with Crippen molar-refractivity contribution < 1.29 is 33.4 Å². The smallest absolute Gasteiger partial charge is 0.291 e. The molecule has 0 saturated heterocycles. The van der Waals surface area contributed by atoms with Crippen molar-refractivity contribution >= 4 is 17.7 Å². The molecule has 3 aromatic rings. The van der Waals surface area contributed by atoms with Crippen molar-refractivity contribution in [3.05, 3.63) is 92.5 Å². The quantitative estimate of drug-likeness (QED) is 0.218. The number of carbonyl (C=O) groups excluding carboxylic acids is 3. The summed E-state index contributed by atoms with van der Waals surface area (Å²) < 4.78 is 9.84. The topological polar surface area (TPSA) is 188 Å². The molecule has 5 N–H and O–H groups in total. The maximum atomic E-state index is 12.7. The average molecular weight is 526 g/mol. The zero-order valence-electron chi connectivity index (χ0n) is 20.3. The van der Waals surface area contributed by atoms with Crippen molar-refractivity contribution in [3.8, 4) is 11.5 Å². The second-order valence-corrected chi connectivity index (χ2v) is 8.26. The molecule has 0 saturated carbocycles. The Hall–Kier alpha value is -4.87. The predicted molar refractivity (Wildman–Crippen MR) is 134 cm³/mol. The van der Waals surface area contributed by atoms with Crippen molar-refractivity contribution in [1.82, 2.24) is 16.0 Å². The molecule has 0 spiro atoms. The Morgan fingerprint density at radius 3 is 1.66 bits per heavy atom. The van der Waals surface area contributed by atoms with Gasteiger partial charge in [-0.05, 0) is 37.8 Å². The van der Waals surface area contributed by atoms with Gasteiger partial charge in [-0.3, -0.25) is 24.0 Å². The molecule has 0 unspecified atom stereocenters. The lowest BCUT2D eigenvalue weighted by Gasteiger charge is -2.19. The number of carbonyl (C=O) groups is 3. The van der Waals surface area contributed by atoms with Gasteiger partial charge in [-0.15, -0.1) is 0 Å². The van der Waals surface area contributed by atoms with Gasteiger partial charge in [0.25, 0.3) is 17.7 Å². The molecular weight excluding hydrogens is 498 g/mol. The third-order valence-electron chi connectivity index (χ3n) is 5.52. The molecule has 0 aliphatic rings. The Kier molecular flexibility index (Phi) is 9.80. The number of hydrogen-bond acceptors (Lipinski definition) is 9. The highest BCUT2D eigenvalue weighted by atomic mass is 16.4. The summed E-state index contributed by atoms with van der Waals surface area (Å²) in [5, 5.41) is 27.5. The third-order valence-corrected chi connectivity index (χ3v) is 5.52. The van der Waals surface area contributed by atoms with Crippen LogP contribution in [-0.2, 0) is 0 Å². The van der Waals surface area contributed by atoms with Crippen LogP contribution >= 0.6 is 0 Å². The first kappa shape index (κ1) is 27.7. The molecule has 2 heterocycles. The Balaban J connectivity index is 1.53. The van der Waals surface area contributed by atoms with Crippen molar-refractivity contribution in [2.75, 3.05) is 13.1 Å². The predicted octanol–water partition coefficient (Wildman–Crippen LogP) is 1.52. The first-order valence-electron chi connectivity index (χ1n) is 11.8. The van der Waals surface area contributed by atoms with Crippen LogP contribution in [0.4, 0.5) is 0 Å². The van der Waals surface area contributed by atoms with Crippen LogP contribution in [0.2, 0.25) is 0 Å². The monoisotopic (exact) mass is 525 g/mol. The van der Waals surface area contributed by atoms with Crippen LogP contribution in [0, 0.1) is 0 Å². The van der Waals surface area contributed by atoms with Gasteiger partial charge in [-0.2, -0.15) is 0 Å². The van der Waals surface area contributed by atoms with Gasteiger partial charge in [0.15, 0.2) is 0 Å². The fourth-order valence-electron chi connectivity index (χ4n) is 3.55. The number of benzene rings is 1. The first-order chi connectivity index (χ1) is 18.3. The van der Waals surface area contributed by atoms with Crippen LogP contribution in [0.5, 0.6) is 11.5 Å². The number of rotatable bonds is 12. The van der Waals surface area contributed by atoms with E-state index in [0.717, 1.165) is 24.7 Å². The second kappa shape index (κ2) is 13.4. The fraction of sp³-hybridized carbons (Fsp3) is 0.269. The zero-order valence-corrected chi connectivity index (χ0v) is 20.3. The van der Waals surface area contributed by atoms with Gasteiger partial charge in [0.1, 0.15) is 0 Å². The molecule has 0 aliphatic heterocycles. The molecule has 3 amide bonds. The number of hydrogen-bond donors (Lipinski definition) is 5. The fourth-order valence-corrected chi connectivity index (χ4v) is 3.55. The average Bonchev–Trinajstić information content (AvgIpc) is 2.92. The minimum Gasteiger partial charge on any atom is -0.501 e. The van der Waals surface area contributed by atoms with E-state index in [2.05, 4.69) is 16.0 Å². The molecule has 1 aromatic carbocycles. The van der Waals surface area contributed by atoms with Gasteiger partial charge in [-0.25, -0.2) is 0 Å². The van der Waals surface area contributed by atoms with E-state index in [0.29, 0.717) is 31.2 Å². The molecule has 200 valence electrons. The molecule has 0 atom stereocenters. The van der Waals surface area contributed by atoms with E-state index in [-0.39, 0.29) is 25.0 Å². The van der Waals surface area contributed by atoms with Crippen LogP contribution in [0.25, 0.3) is 0 Å². The summed E-state index contributed by atoms with van der Waals surface area (Å²) in [7, 11) is 0. The summed E-state index contributed by atoms with van der Waals surface area (Å²) in [5.74, 6) is -4.29. The van der Waals surface area contributed by atoms with Gasteiger partial charge in [0.05, 0.1) is 12.5 Å². The van der Waals surface area contributed by atoms with Gasteiger partial charge in [0.2, 0.25) is 33.9 Å². The maximum absolute atomic E-state index is 12.7. The largest absolute Gasteiger partial charge is 0.501 e. The lowest BCUT2D eigenvalue weighted by atomic mass is 10.0. The number of amides is 3. The maximum Gasteiger partial charge on any atom is 0.291 e. The van der Waals surface area contributed by atoms with Gasteiger partial charge in [-0.1, -0.05) is 18.2 Å². The van der Waals surface area contributed by atoms with E-state index in [4.69, 9.17) is 8.83 Å². The van der Waals surface area contributed by atoms with Crippen molar-refractivity contribution in [3.63, 3.8) is 0 Å². The summed E-state index contributed by atoms with van der Waals surface area (Å²) in [4.78, 5) is 60.0. The molecule has 3 rings (SSSR count). The molecule has 0 aliphatic carbocycles. The standard InChI is InChI=1S/C26H27N3O9/c30-18-10-14-37-22(20(18)32)25(35)27-12-4-8-17(29-24(34)16-6-2-1-3-7-16)9-5-13-28-26(36)23-21(33)19(31)11-15-38-23/h1-3,6-7,10-11,14-15,17,32-33H,4-5,8-9,12-13H2,(H,27,35)(H,28,36)(H,29,34).